The number of hydrogen-bond donors (Lipinski definition) is 2. The van der Waals surface area contributed by atoms with Gasteiger partial charge in [0.2, 0.25) is 0 Å². The van der Waals surface area contributed by atoms with E-state index < -0.39 is 0 Å². The van der Waals surface area contributed by atoms with Crippen LogP contribution in [0.25, 0.3) is 0 Å². The van der Waals surface area contributed by atoms with Crippen molar-refractivity contribution in [1.82, 2.24) is 15.5 Å². The molecule has 0 aromatic rings. The van der Waals surface area contributed by atoms with E-state index in [4.69, 9.17) is 12.2 Å². The summed E-state index contributed by atoms with van der Waals surface area (Å²) < 4.78 is 0. The molecular formula is C16H31ClN3S-. The Labute approximate surface area is 142 Å². The van der Waals surface area contributed by atoms with E-state index in [2.05, 4.69) is 36.3 Å². The predicted molar refractivity (Wildman–Crippen MR) is 90.0 cm³/mol. The standard InChI is InChI=1S/C16H31N3S.ClH/c1-4-8-17-16(20)18-13-9-14-6-5-7-15(10-13)19(14)11-12(2)3;/h12-15H,4-11H2,1-3H3,(H2,17,18,20);1H/p-1. The Morgan fingerprint density at radius 2 is 1.86 bits per heavy atom. The quantitative estimate of drug-likeness (QED) is 0.688. The molecule has 21 heavy (non-hydrogen) atoms. The molecule has 0 amide bonds. The van der Waals surface area contributed by atoms with Gasteiger partial charge in [-0.25, -0.2) is 0 Å². The van der Waals surface area contributed by atoms with Crippen molar-refractivity contribution in [3.05, 3.63) is 0 Å². The zero-order valence-corrected chi connectivity index (χ0v) is 15.3. The van der Waals surface area contributed by atoms with Gasteiger partial charge in [0.05, 0.1) is 0 Å². The molecule has 0 aromatic carbocycles. The summed E-state index contributed by atoms with van der Waals surface area (Å²) in [5, 5.41) is 7.70. The van der Waals surface area contributed by atoms with Gasteiger partial charge in [-0.15, -0.1) is 0 Å². The van der Waals surface area contributed by atoms with Crippen LogP contribution in [0.4, 0.5) is 0 Å². The lowest BCUT2D eigenvalue weighted by Gasteiger charge is -2.49. The van der Waals surface area contributed by atoms with Gasteiger partial charge in [-0.2, -0.15) is 0 Å². The van der Waals surface area contributed by atoms with Crippen molar-refractivity contribution in [3.8, 4) is 0 Å². The normalized spacial score (nSPS) is 28.9. The summed E-state index contributed by atoms with van der Waals surface area (Å²) >= 11 is 5.40. The van der Waals surface area contributed by atoms with E-state index in [1.165, 1.54) is 38.6 Å². The van der Waals surface area contributed by atoms with Crippen LogP contribution in [-0.4, -0.2) is 41.2 Å². The third kappa shape index (κ3) is 5.57. The summed E-state index contributed by atoms with van der Waals surface area (Å²) in [7, 11) is 0. The van der Waals surface area contributed by atoms with Gasteiger partial charge in [0.25, 0.3) is 0 Å². The van der Waals surface area contributed by atoms with Gasteiger partial charge in [0.1, 0.15) is 0 Å². The van der Waals surface area contributed by atoms with Crippen molar-refractivity contribution in [2.45, 2.75) is 77.4 Å². The molecule has 2 unspecified atom stereocenters. The Kier molecular flexibility index (Phi) is 8.28. The smallest absolute Gasteiger partial charge is 0.166 e. The average molecular weight is 333 g/mol. The minimum atomic E-state index is 0. The molecule has 124 valence electrons. The molecule has 0 aliphatic carbocycles. The third-order valence-electron chi connectivity index (χ3n) is 4.57. The van der Waals surface area contributed by atoms with E-state index in [0.717, 1.165) is 36.1 Å². The Hall–Kier alpha value is -0.0600. The molecule has 0 spiro atoms. The first-order chi connectivity index (χ1) is 9.60. The van der Waals surface area contributed by atoms with Crippen molar-refractivity contribution in [1.29, 1.82) is 0 Å². The van der Waals surface area contributed by atoms with Crippen molar-refractivity contribution < 1.29 is 12.4 Å². The van der Waals surface area contributed by atoms with Crippen molar-refractivity contribution in [3.63, 3.8) is 0 Å². The summed E-state index contributed by atoms with van der Waals surface area (Å²) in [6.07, 6.45) is 7.80. The monoisotopic (exact) mass is 332 g/mol. The second kappa shape index (κ2) is 9.16. The number of piperidine rings is 2. The summed E-state index contributed by atoms with van der Waals surface area (Å²) in [5.74, 6) is 0.773. The van der Waals surface area contributed by atoms with Crippen LogP contribution in [0.3, 0.4) is 0 Å². The molecule has 2 aliphatic heterocycles. The molecule has 0 saturated carbocycles. The maximum Gasteiger partial charge on any atom is 0.166 e. The predicted octanol–water partition coefficient (Wildman–Crippen LogP) is -0.0940. The zero-order chi connectivity index (χ0) is 14.5. The molecule has 3 nitrogen and oxygen atoms in total. The van der Waals surface area contributed by atoms with Crippen LogP contribution in [0.15, 0.2) is 0 Å². The largest absolute Gasteiger partial charge is 1.00 e. The van der Waals surface area contributed by atoms with E-state index in [9.17, 15) is 0 Å². The second-order valence-corrected chi connectivity index (χ2v) is 7.31. The highest BCUT2D eigenvalue weighted by molar-refractivity contribution is 7.80. The highest BCUT2D eigenvalue weighted by Gasteiger charge is 2.38. The molecule has 2 atom stereocenters. The summed E-state index contributed by atoms with van der Waals surface area (Å²) in [4.78, 5) is 2.79. The van der Waals surface area contributed by atoms with Crippen LogP contribution in [0.5, 0.6) is 0 Å². The van der Waals surface area contributed by atoms with Crippen LogP contribution < -0.4 is 23.0 Å². The van der Waals surface area contributed by atoms with Gasteiger partial charge >= 0.3 is 0 Å². The van der Waals surface area contributed by atoms with Crippen molar-refractivity contribution in [2.24, 2.45) is 5.92 Å². The number of thiocarbonyl (C=S) groups is 1. The Morgan fingerprint density at radius 1 is 1.24 bits per heavy atom. The Bertz CT molecular complexity index is 311. The van der Waals surface area contributed by atoms with E-state index in [1.54, 1.807) is 0 Å². The number of halogens is 1. The lowest BCUT2D eigenvalue weighted by Crippen LogP contribution is -3.00. The zero-order valence-electron chi connectivity index (χ0n) is 13.7. The molecule has 5 heteroatoms. The molecule has 2 aliphatic rings. The molecular weight excluding hydrogens is 302 g/mol. The molecule has 2 heterocycles. The van der Waals surface area contributed by atoms with E-state index in [1.807, 2.05) is 0 Å². The van der Waals surface area contributed by atoms with Gasteiger partial charge in [0, 0.05) is 31.2 Å². The number of hydrogen-bond acceptors (Lipinski definition) is 2. The second-order valence-electron chi connectivity index (χ2n) is 6.90. The van der Waals surface area contributed by atoms with Crippen LogP contribution in [-0.2, 0) is 0 Å². The van der Waals surface area contributed by atoms with Gasteiger partial charge in [-0.05, 0) is 50.2 Å². The fourth-order valence-corrected chi connectivity index (χ4v) is 4.06. The SMILES string of the molecule is CCCNC(=S)NC1CC2CCCC(C1)N2CC(C)C.[Cl-]. The third-order valence-corrected chi connectivity index (χ3v) is 4.83. The average Bonchev–Trinajstić information content (AvgIpc) is 2.36. The Morgan fingerprint density at radius 3 is 2.38 bits per heavy atom. The molecule has 0 aromatic heterocycles. The van der Waals surface area contributed by atoms with E-state index in [-0.39, 0.29) is 12.4 Å². The minimum absolute atomic E-state index is 0. The van der Waals surface area contributed by atoms with E-state index >= 15 is 0 Å². The first-order valence-corrected chi connectivity index (χ1v) is 8.81. The molecule has 2 saturated heterocycles. The first-order valence-electron chi connectivity index (χ1n) is 8.40. The first kappa shape index (κ1) is 19.0. The fourth-order valence-electron chi connectivity index (χ4n) is 3.79. The van der Waals surface area contributed by atoms with Gasteiger partial charge in [0.15, 0.2) is 5.11 Å². The maximum atomic E-state index is 5.40. The van der Waals surface area contributed by atoms with Crippen LogP contribution in [0.2, 0.25) is 0 Å². The minimum Gasteiger partial charge on any atom is -1.00 e. The summed E-state index contributed by atoms with van der Waals surface area (Å²) in [5.41, 5.74) is 0. The van der Waals surface area contributed by atoms with Crippen LogP contribution >= 0.6 is 12.2 Å². The Balaban J connectivity index is 0.00000220. The summed E-state index contributed by atoms with van der Waals surface area (Å²) in [6.45, 7) is 9.09. The highest BCUT2D eigenvalue weighted by Crippen LogP contribution is 2.34. The van der Waals surface area contributed by atoms with Crippen LogP contribution in [0, 0.1) is 5.92 Å². The lowest BCUT2D eigenvalue weighted by atomic mass is 9.81. The van der Waals surface area contributed by atoms with Crippen molar-refractivity contribution >= 4 is 17.3 Å². The molecule has 0 radical (unpaired) electrons. The molecule has 2 bridgehead atoms. The van der Waals surface area contributed by atoms with Gasteiger partial charge in [-0.3, -0.25) is 4.90 Å². The number of fused-ring (bicyclic) bond motifs is 2. The number of rotatable bonds is 5. The topological polar surface area (TPSA) is 27.3 Å². The van der Waals surface area contributed by atoms with Gasteiger partial charge in [-0.1, -0.05) is 27.2 Å². The van der Waals surface area contributed by atoms with Crippen LogP contribution in [0.1, 0.15) is 59.3 Å². The molecule has 2 fully saturated rings. The number of nitrogens with zero attached hydrogens (tertiary/aromatic N) is 1. The molecule has 2 rings (SSSR count). The maximum absolute atomic E-state index is 5.40. The lowest BCUT2D eigenvalue weighted by molar-refractivity contribution is -0.00000665. The van der Waals surface area contributed by atoms with E-state index in [0.29, 0.717) is 6.04 Å². The number of nitrogens with one attached hydrogen (secondary N) is 2. The van der Waals surface area contributed by atoms with Gasteiger partial charge < -0.3 is 23.0 Å². The highest BCUT2D eigenvalue weighted by atomic mass is 35.5. The summed E-state index contributed by atoms with van der Waals surface area (Å²) in [6, 6.07) is 2.12. The fraction of sp³-hybridized carbons (Fsp3) is 0.938. The molecule has 2 N–H and O–H groups in total. The van der Waals surface area contributed by atoms with Crippen molar-refractivity contribution in [2.75, 3.05) is 13.1 Å².